The minimum Gasteiger partial charge on any atom is -0.383 e. The summed E-state index contributed by atoms with van der Waals surface area (Å²) >= 11 is 0. The number of likely N-dealkylation sites (N-methyl/N-ethyl adjacent to an activating group) is 1. The Morgan fingerprint density at radius 1 is 1.14 bits per heavy atom. The molecule has 2 nitrogen and oxygen atoms in total. The van der Waals surface area contributed by atoms with E-state index in [1.165, 1.54) is 11.3 Å². The molecule has 0 aliphatic rings. The number of rotatable bonds is 4. The van der Waals surface area contributed by atoms with Crippen molar-refractivity contribution in [3.05, 3.63) is 29.8 Å². The molecule has 0 aliphatic carbocycles. The molecular formula is C12H20N2. The topological polar surface area (TPSA) is 24.1 Å². The van der Waals surface area contributed by atoms with Crippen LogP contribution in [-0.2, 0) is 0 Å². The van der Waals surface area contributed by atoms with Crippen LogP contribution in [0.4, 0.5) is 5.69 Å². The number of hydrogen-bond donors (Lipinski definition) is 2. The molecule has 1 rings (SSSR count). The molecule has 0 saturated carbocycles. The lowest BCUT2D eigenvalue weighted by atomic mass is 10.1. The third-order valence-corrected chi connectivity index (χ3v) is 2.46. The highest BCUT2D eigenvalue weighted by Crippen LogP contribution is 2.10. The first kappa shape index (κ1) is 11.1. The van der Waals surface area contributed by atoms with Crippen molar-refractivity contribution in [3.63, 3.8) is 0 Å². The molecule has 78 valence electrons. The Morgan fingerprint density at radius 2 is 1.71 bits per heavy atom. The van der Waals surface area contributed by atoms with Crippen LogP contribution in [0.25, 0.3) is 0 Å². The Kier molecular flexibility index (Phi) is 3.53. The fourth-order valence-corrected chi connectivity index (χ4v) is 1.08. The number of benzene rings is 1. The van der Waals surface area contributed by atoms with Gasteiger partial charge in [0.25, 0.3) is 0 Å². The normalized spacial score (nSPS) is 11.4. The summed E-state index contributed by atoms with van der Waals surface area (Å²) in [5.41, 5.74) is 2.60. The van der Waals surface area contributed by atoms with E-state index in [-0.39, 0.29) is 5.54 Å². The van der Waals surface area contributed by atoms with Gasteiger partial charge in [-0.25, -0.2) is 0 Å². The van der Waals surface area contributed by atoms with Crippen LogP contribution in [0.5, 0.6) is 0 Å². The highest BCUT2D eigenvalue weighted by Gasteiger charge is 2.13. The van der Waals surface area contributed by atoms with Gasteiger partial charge in [-0.15, -0.1) is 0 Å². The maximum Gasteiger partial charge on any atom is 0.0340 e. The summed E-state index contributed by atoms with van der Waals surface area (Å²) in [5, 5.41) is 6.66. The average Bonchev–Trinajstić information content (AvgIpc) is 2.17. The Bertz CT molecular complexity index is 275. The van der Waals surface area contributed by atoms with E-state index < -0.39 is 0 Å². The summed E-state index contributed by atoms with van der Waals surface area (Å²) in [6.07, 6.45) is 0. The molecule has 0 unspecified atom stereocenters. The molecular weight excluding hydrogens is 172 g/mol. The van der Waals surface area contributed by atoms with Crippen molar-refractivity contribution in [2.45, 2.75) is 26.3 Å². The van der Waals surface area contributed by atoms with Crippen LogP contribution in [0, 0.1) is 6.92 Å². The van der Waals surface area contributed by atoms with Crippen molar-refractivity contribution in [2.24, 2.45) is 0 Å². The second-order valence-corrected chi connectivity index (χ2v) is 4.35. The predicted molar refractivity (Wildman–Crippen MR) is 62.8 cm³/mol. The van der Waals surface area contributed by atoms with E-state index in [0.717, 1.165) is 6.54 Å². The molecule has 1 aromatic carbocycles. The van der Waals surface area contributed by atoms with E-state index in [2.05, 4.69) is 55.7 Å². The smallest absolute Gasteiger partial charge is 0.0340 e. The molecule has 0 amide bonds. The third kappa shape index (κ3) is 3.38. The summed E-state index contributed by atoms with van der Waals surface area (Å²) in [6.45, 7) is 7.37. The SMILES string of the molecule is CNC(C)(C)CNc1ccc(C)cc1. The van der Waals surface area contributed by atoms with Crippen LogP contribution in [0.15, 0.2) is 24.3 Å². The lowest BCUT2D eigenvalue weighted by Crippen LogP contribution is -2.42. The van der Waals surface area contributed by atoms with Gasteiger partial charge in [-0.1, -0.05) is 17.7 Å². The first-order valence-corrected chi connectivity index (χ1v) is 5.03. The molecule has 0 fully saturated rings. The van der Waals surface area contributed by atoms with Crippen molar-refractivity contribution < 1.29 is 0 Å². The minimum atomic E-state index is 0.130. The van der Waals surface area contributed by atoms with Gasteiger partial charge >= 0.3 is 0 Å². The van der Waals surface area contributed by atoms with Gasteiger partial charge in [0.2, 0.25) is 0 Å². The predicted octanol–water partition coefficient (Wildman–Crippen LogP) is 2.40. The van der Waals surface area contributed by atoms with E-state index in [1.807, 2.05) is 7.05 Å². The van der Waals surface area contributed by atoms with Gasteiger partial charge in [-0.3, -0.25) is 0 Å². The van der Waals surface area contributed by atoms with Gasteiger partial charge in [0.1, 0.15) is 0 Å². The highest BCUT2D eigenvalue weighted by molar-refractivity contribution is 5.44. The number of aryl methyl sites for hydroxylation is 1. The molecule has 2 heteroatoms. The molecule has 0 heterocycles. The first-order valence-electron chi connectivity index (χ1n) is 5.03. The third-order valence-electron chi connectivity index (χ3n) is 2.46. The van der Waals surface area contributed by atoms with E-state index >= 15 is 0 Å². The van der Waals surface area contributed by atoms with Crippen LogP contribution in [-0.4, -0.2) is 19.1 Å². The Labute approximate surface area is 86.7 Å². The number of nitrogens with one attached hydrogen (secondary N) is 2. The molecule has 2 N–H and O–H groups in total. The second kappa shape index (κ2) is 4.47. The van der Waals surface area contributed by atoms with Crippen LogP contribution in [0.2, 0.25) is 0 Å². The van der Waals surface area contributed by atoms with Gasteiger partial charge in [0.05, 0.1) is 0 Å². The fraction of sp³-hybridized carbons (Fsp3) is 0.500. The molecule has 0 aromatic heterocycles. The van der Waals surface area contributed by atoms with E-state index in [1.54, 1.807) is 0 Å². The van der Waals surface area contributed by atoms with Gasteiger partial charge in [-0.05, 0) is 40.0 Å². The molecule has 14 heavy (non-hydrogen) atoms. The Morgan fingerprint density at radius 3 is 2.21 bits per heavy atom. The molecule has 0 atom stereocenters. The lowest BCUT2D eigenvalue weighted by Gasteiger charge is -2.24. The molecule has 0 spiro atoms. The quantitative estimate of drug-likeness (QED) is 0.765. The minimum absolute atomic E-state index is 0.130. The fourth-order valence-electron chi connectivity index (χ4n) is 1.08. The number of hydrogen-bond acceptors (Lipinski definition) is 2. The van der Waals surface area contributed by atoms with E-state index in [0.29, 0.717) is 0 Å². The van der Waals surface area contributed by atoms with Gasteiger partial charge in [0, 0.05) is 17.8 Å². The van der Waals surface area contributed by atoms with Crippen molar-refractivity contribution in [1.82, 2.24) is 5.32 Å². The standard InChI is InChI=1S/C12H20N2/c1-10-5-7-11(8-6-10)14-9-12(2,3)13-4/h5-8,13-14H,9H2,1-4H3. The first-order chi connectivity index (χ1) is 6.53. The Hall–Kier alpha value is -1.02. The molecule has 1 aromatic rings. The molecule has 0 saturated heterocycles. The maximum atomic E-state index is 3.40. The summed E-state index contributed by atoms with van der Waals surface area (Å²) in [6, 6.07) is 8.46. The van der Waals surface area contributed by atoms with Crippen molar-refractivity contribution in [3.8, 4) is 0 Å². The zero-order chi connectivity index (χ0) is 10.6. The van der Waals surface area contributed by atoms with E-state index in [9.17, 15) is 0 Å². The monoisotopic (exact) mass is 192 g/mol. The number of anilines is 1. The average molecular weight is 192 g/mol. The molecule has 0 bridgehead atoms. The van der Waals surface area contributed by atoms with Crippen LogP contribution < -0.4 is 10.6 Å². The molecule has 0 radical (unpaired) electrons. The van der Waals surface area contributed by atoms with Crippen molar-refractivity contribution in [1.29, 1.82) is 0 Å². The zero-order valence-corrected chi connectivity index (χ0v) is 9.52. The zero-order valence-electron chi connectivity index (χ0n) is 9.52. The van der Waals surface area contributed by atoms with Crippen LogP contribution in [0.3, 0.4) is 0 Å². The molecule has 0 aliphatic heterocycles. The Balaban J connectivity index is 2.50. The van der Waals surface area contributed by atoms with Gasteiger partial charge in [-0.2, -0.15) is 0 Å². The summed E-state index contributed by atoms with van der Waals surface area (Å²) < 4.78 is 0. The van der Waals surface area contributed by atoms with E-state index in [4.69, 9.17) is 0 Å². The maximum absolute atomic E-state index is 3.40. The summed E-state index contributed by atoms with van der Waals surface area (Å²) in [7, 11) is 1.98. The largest absolute Gasteiger partial charge is 0.383 e. The van der Waals surface area contributed by atoms with Gasteiger partial charge in [0.15, 0.2) is 0 Å². The van der Waals surface area contributed by atoms with Crippen molar-refractivity contribution in [2.75, 3.05) is 18.9 Å². The van der Waals surface area contributed by atoms with Crippen molar-refractivity contribution >= 4 is 5.69 Å². The van der Waals surface area contributed by atoms with Crippen LogP contribution in [0.1, 0.15) is 19.4 Å². The summed E-state index contributed by atoms with van der Waals surface area (Å²) in [4.78, 5) is 0. The van der Waals surface area contributed by atoms with Crippen LogP contribution >= 0.6 is 0 Å². The highest BCUT2D eigenvalue weighted by atomic mass is 15.0. The summed E-state index contributed by atoms with van der Waals surface area (Å²) in [5.74, 6) is 0. The second-order valence-electron chi connectivity index (χ2n) is 4.35. The van der Waals surface area contributed by atoms with Gasteiger partial charge < -0.3 is 10.6 Å². The lowest BCUT2D eigenvalue weighted by molar-refractivity contribution is 0.448.